The average Bonchev–Trinajstić information content (AvgIpc) is 3.15. The number of hydrogen-bond donors (Lipinski definition) is 1. The molecule has 2 amide bonds. The molecule has 156 valence electrons. The lowest BCUT2D eigenvalue weighted by molar-refractivity contribution is -0.143. The van der Waals surface area contributed by atoms with Crippen LogP contribution in [0.2, 0.25) is 0 Å². The number of ether oxygens (including phenoxy) is 1. The molecular formula is C21H29N5O3. The molecular weight excluding hydrogens is 370 g/mol. The fourth-order valence-corrected chi connectivity index (χ4v) is 3.88. The number of likely N-dealkylation sites (tertiary alicyclic amines) is 1. The molecule has 1 N–H and O–H groups in total. The van der Waals surface area contributed by atoms with E-state index in [1.807, 2.05) is 36.2 Å². The Bertz CT molecular complexity index is 850. The van der Waals surface area contributed by atoms with Crippen LogP contribution in [0.15, 0.2) is 30.6 Å². The number of benzene rings is 1. The molecule has 0 radical (unpaired) electrons. The van der Waals surface area contributed by atoms with Gasteiger partial charge in [0.15, 0.2) is 5.82 Å². The van der Waals surface area contributed by atoms with Crippen LogP contribution in [-0.4, -0.2) is 45.1 Å². The minimum Gasteiger partial charge on any atom is -0.496 e. The van der Waals surface area contributed by atoms with E-state index in [9.17, 15) is 9.59 Å². The molecule has 0 bridgehead atoms. The molecule has 1 aromatic carbocycles. The fraction of sp³-hybridized carbons (Fsp3) is 0.524. The molecule has 29 heavy (non-hydrogen) atoms. The second-order valence-corrected chi connectivity index (χ2v) is 7.35. The molecule has 2 heterocycles. The van der Waals surface area contributed by atoms with Gasteiger partial charge in [-0.3, -0.25) is 9.59 Å². The molecule has 8 nitrogen and oxygen atoms in total. The Morgan fingerprint density at radius 3 is 2.83 bits per heavy atom. The van der Waals surface area contributed by atoms with Crippen molar-refractivity contribution in [3.05, 3.63) is 42.0 Å². The number of aromatic nitrogens is 3. The van der Waals surface area contributed by atoms with E-state index < -0.39 is 0 Å². The van der Waals surface area contributed by atoms with Gasteiger partial charge in [-0.25, -0.2) is 0 Å². The number of amides is 2. The highest BCUT2D eigenvalue weighted by atomic mass is 16.5. The summed E-state index contributed by atoms with van der Waals surface area (Å²) >= 11 is 0. The van der Waals surface area contributed by atoms with Crippen LogP contribution in [0, 0.1) is 5.92 Å². The monoisotopic (exact) mass is 399 g/mol. The molecule has 3 rings (SSSR count). The maximum atomic E-state index is 13.2. The predicted molar refractivity (Wildman–Crippen MR) is 108 cm³/mol. The van der Waals surface area contributed by atoms with E-state index in [0.717, 1.165) is 18.4 Å². The van der Waals surface area contributed by atoms with Crippen LogP contribution in [0.4, 0.5) is 0 Å². The summed E-state index contributed by atoms with van der Waals surface area (Å²) in [5, 5.41) is 10.8. The first-order chi connectivity index (χ1) is 14.1. The van der Waals surface area contributed by atoms with Gasteiger partial charge in [0, 0.05) is 25.6 Å². The number of nitrogens with zero attached hydrogens (tertiary/aromatic N) is 4. The van der Waals surface area contributed by atoms with E-state index in [-0.39, 0.29) is 23.8 Å². The zero-order valence-electron chi connectivity index (χ0n) is 17.3. The lowest BCUT2D eigenvalue weighted by Crippen LogP contribution is -2.48. The van der Waals surface area contributed by atoms with Crippen LogP contribution in [0.3, 0.4) is 0 Å². The van der Waals surface area contributed by atoms with E-state index in [1.54, 1.807) is 18.0 Å². The van der Waals surface area contributed by atoms with Crippen LogP contribution < -0.4 is 10.1 Å². The number of hydrogen-bond acceptors (Lipinski definition) is 5. The molecule has 2 aromatic rings. The van der Waals surface area contributed by atoms with E-state index >= 15 is 0 Å². The van der Waals surface area contributed by atoms with E-state index in [0.29, 0.717) is 37.5 Å². The van der Waals surface area contributed by atoms with Crippen molar-refractivity contribution in [2.75, 3.05) is 13.7 Å². The minimum atomic E-state index is -0.353. The quantitative estimate of drug-likeness (QED) is 0.735. The third-order valence-electron chi connectivity index (χ3n) is 5.48. The molecule has 0 saturated carbocycles. The number of nitrogens with one attached hydrogen (secondary N) is 1. The maximum Gasteiger partial charge on any atom is 0.225 e. The van der Waals surface area contributed by atoms with Gasteiger partial charge in [0.2, 0.25) is 11.8 Å². The number of carbonyl (C=O) groups excluding carboxylic acids is 2. The lowest BCUT2D eigenvalue weighted by Gasteiger charge is -2.41. The molecule has 0 spiro atoms. The first kappa shape index (κ1) is 20.8. The Morgan fingerprint density at radius 1 is 1.34 bits per heavy atom. The number of para-hydroxylation sites is 1. The number of unbranched alkanes of at least 4 members (excludes halogenated alkanes) is 1. The highest BCUT2D eigenvalue weighted by Crippen LogP contribution is 2.40. The zero-order valence-corrected chi connectivity index (χ0v) is 17.3. The molecule has 1 saturated heterocycles. The van der Waals surface area contributed by atoms with Crippen LogP contribution in [0.25, 0.3) is 0 Å². The summed E-state index contributed by atoms with van der Waals surface area (Å²) in [5.74, 6) is 1.03. The van der Waals surface area contributed by atoms with Crippen molar-refractivity contribution in [1.82, 2.24) is 25.0 Å². The average molecular weight is 399 g/mol. The normalized spacial score (nSPS) is 19.3. The van der Waals surface area contributed by atoms with E-state index in [2.05, 4.69) is 22.4 Å². The Hall–Kier alpha value is -2.90. The molecule has 1 aromatic heterocycles. The third-order valence-corrected chi connectivity index (χ3v) is 5.48. The predicted octanol–water partition coefficient (Wildman–Crippen LogP) is 2.22. The Kier molecular flexibility index (Phi) is 6.85. The van der Waals surface area contributed by atoms with E-state index in [4.69, 9.17) is 4.74 Å². The van der Waals surface area contributed by atoms with Crippen molar-refractivity contribution in [1.29, 1.82) is 0 Å². The second-order valence-electron chi connectivity index (χ2n) is 7.35. The Morgan fingerprint density at radius 2 is 2.14 bits per heavy atom. The summed E-state index contributed by atoms with van der Waals surface area (Å²) in [4.78, 5) is 27.8. The third kappa shape index (κ3) is 4.58. The van der Waals surface area contributed by atoms with Gasteiger partial charge in [-0.15, -0.1) is 10.2 Å². The summed E-state index contributed by atoms with van der Waals surface area (Å²) in [7, 11) is 3.45. The molecule has 1 aliphatic rings. The summed E-state index contributed by atoms with van der Waals surface area (Å²) in [6.07, 6.45) is 4.35. The van der Waals surface area contributed by atoms with Crippen LogP contribution in [-0.2, 0) is 23.2 Å². The van der Waals surface area contributed by atoms with Crippen molar-refractivity contribution in [2.45, 2.75) is 45.2 Å². The van der Waals surface area contributed by atoms with Crippen LogP contribution in [0.1, 0.15) is 50.0 Å². The molecule has 1 aliphatic heterocycles. The SMILES string of the molecule is CCCCN1C(=O)CC[C@H](C(=O)NCc2nncn2C)[C@@H]1c1ccccc1OC. The van der Waals surface area contributed by atoms with Gasteiger partial charge >= 0.3 is 0 Å². The van der Waals surface area contributed by atoms with Crippen molar-refractivity contribution in [3.8, 4) is 5.75 Å². The highest BCUT2D eigenvalue weighted by molar-refractivity contribution is 5.85. The minimum absolute atomic E-state index is 0.0853. The van der Waals surface area contributed by atoms with Crippen LogP contribution in [0.5, 0.6) is 5.75 Å². The van der Waals surface area contributed by atoms with Crippen molar-refractivity contribution >= 4 is 11.8 Å². The van der Waals surface area contributed by atoms with Gasteiger partial charge in [0.25, 0.3) is 0 Å². The smallest absolute Gasteiger partial charge is 0.225 e. The van der Waals surface area contributed by atoms with Gasteiger partial charge in [0.1, 0.15) is 12.1 Å². The molecule has 2 atom stereocenters. The second kappa shape index (κ2) is 9.54. The topological polar surface area (TPSA) is 89.4 Å². The van der Waals surface area contributed by atoms with Gasteiger partial charge in [-0.1, -0.05) is 31.5 Å². The van der Waals surface area contributed by atoms with Gasteiger partial charge < -0.3 is 19.5 Å². The van der Waals surface area contributed by atoms with Gasteiger partial charge in [-0.2, -0.15) is 0 Å². The fourth-order valence-electron chi connectivity index (χ4n) is 3.88. The zero-order chi connectivity index (χ0) is 20.8. The summed E-state index contributed by atoms with van der Waals surface area (Å²) in [5.41, 5.74) is 0.873. The summed E-state index contributed by atoms with van der Waals surface area (Å²) in [6, 6.07) is 7.29. The van der Waals surface area contributed by atoms with Crippen LogP contribution >= 0.6 is 0 Å². The number of rotatable bonds is 8. The van der Waals surface area contributed by atoms with Crippen molar-refractivity contribution in [2.24, 2.45) is 13.0 Å². The van der Waals surface area contributed by atoms with E-state index in [1.165, 1.54) is 0 Å². The molecule has 0 aliphatic carbocycles. The lowest BCUT2D eigenvalue weighted by atomic mass is 9.83. The first-order valence-electron chi connectivity index (χ1n) is 10.1. The number of carbonyl (C=O) groups is 2. The molecule has 0 unspecified atom stereocenters. The summed E-state index contributed by atoms with van der Waals surface area (Å²) in [6.45, 7) is 3.02. The molecule has 8 heteroatoms. The Labute approximate surface area is 171 Å². The van der Waals surface area contributed by atoms with Crippen molar-refractivity contribution < 1.29 is 14.3 Å². The summed E-state index contributed by atoms with van der Waals surface area (Å²) < 4.78 is 7.33. The first-order valence-corrected chi connectivity index (χ1v) is 10.1. The highest BCUT2D eigenvalue weighted by Gasteiger charge is 2.41. The standard InChI is InChI=1S/C21H29N5O3/c1-4-5-12-26-19(27)11-10-16(20(26)15-8-6-7-9-17(15)29-3)21(28)22-13-18-24-23-14-25(18)2/h6-9,14,16,20H,4-5,10-13H2,1-3H3,(H,22,28)/t16-,20-/m0/s1. The largest absolute Gasteiger partial charge is 0.496 e. The number of piperidine rings is 1. The van der Waals surface area contributed by atoms with Crippen molar-refractivity contribution in [3.63, 3.8) is 0 Å². The van der Waals surface area contributed by atoms with Gasteiger partial charge in [0.05, 0.1) is 25.6 Å². The maximum absolute atomic E-state index is 13.2. The van der Waals surface area contributed by atoms with Gasteiger partial charge in [-0.05, 0) is 18.9 Å². The number of methoxy groups -OCH3 is 1. The number of aryl methyl sites for hydroxylation is 1. The molecule has 1 fully saturated rings. The Balaban J connectivity index is 1.89.